The van der Waals surface area contributed by atoms with E-state index in [2.05, 4.69) is 31.2 Å². The molecule has 148 valence electrons. The maximum Gasteiger partial charge on any atom is 0.339 e. The molecule has 3 aromatic carbocycles. The maximum absolute atomic E-state index is 12.3. The van der Waals surface area contributed by atoms with Crippen molar-refractivity contribution in [2.75, 3.05) is 11.7 Å². The molecular weight excluding hydrogens is 384 g/mol. The van der Waals surface area contributed by atoms with Crippen LogP contribution in [0.25, 0.3) is 21.5 Å². The number of fused-ring (bicyclic) bond motifs is 2. The molecule has 0 saturated heterocycles. The van der Waals surface area contributed by atoms with Crippen LogP contribution < -0.4 is 0 Å². The highest BCUT2D eigenvalue weighted by Gasteiger charge is 2.08. The summed E-state index contributed by atoms with van der Waals surface area (Å²) in [5.41, 5.74) is 0.615. The summed E-state index contributed by atoms with van der Waals surface area (Å²) in [4.78, 5) is 12.3. The SMILES string of the molecule is CCCCCCCCSSCOC(=O)c1ccc2cc3ccccc3cc2c1. The van der Waals surface area contributed by atoms with Gasteiger partial charge in [-0.15, -0.1) is 0 Å². The number of ether oxygens (including phenoxy) is 1. The molecule has 0 bridgehead atoms. The first-order chi connectivity index (χ1) is 13.8. The average molecular weight is 413 g/mol. The Morgan fingerprint density at radius 3 is 2.25 bits per heavy atom. The molecule has 0 saturated carbocycles. The maximum atomic E-state index is 12.3. The number of hydrogen-bond acceptors (Lipinski definition) is 4. The van der Waals surface area contributed by atoms with Gasteiger partial charge in [0, 0.05) is 5.75 Å². The van der Waals surface area contributed by atoms with Crippen molar-refractivity contribution in [3.05, 3.63) is 60.2 Å². The van der Waals surface area contributed by atoms with Crippen LogP contribution in [0.4, 0.5) is 0 Å². The van der Waals surface area contributed by atoms with E-state index in [1.807, 2.05) is 30.3 Å². The Kier molecular flexibility index (Phi) is 8.56. The monoisotopic (exact) mass is 412 g/mol. The van der Waals surface area contributed by atoms with Gasteiger partial charge in [0.05, 0.1) is 5.56 Å². The molecule has 4 heteroatoms. The topological polar surface area (TPSA) is 26.3 Å². The Hall–Kier alpha value is -1.65. The Bertz CT molecular complexity index is 907. The van der Waals surface area contributed by atoms with Gasteiger partial charge in [0.25, 0.3) is 0 Å². The van der Waals surface area contributed by atoms with E-state index in [0.29, 0.717) is 11.5 Å². The lowest BCUT2D eigenvalue weighted by molar-refractivity contribution is 0.0580. The summed E-state index contributed by atoms with van der Waals surface area (Å²) in [6.45, 7) is 2.24. The Morgan fingerprint density at radius 2 is 1.46 bits per heavy atom. The average Bonchev–Trinajstić information content (AvgIpc) is 2.73. The second-order valence-corrected chi connectivity index (χ2v) is 9.55. The van der Waals surface area contributed by atoms with Gasteiger partial charge in [-0.25, -0.2) is 4.79 Å². The molecule has 0 amide bonds. The van der Waals surface area contributed by atoms with Gasteiger partial charge in [-0.2, -0.15) is 0 Å². The number of unbranched alkanes of at least 4 members (excludes halogenated alkanes) is 5. The lowest BCUT2D eigenvalue weighted by Crippen LogP contribution is -2.04. The standard InChI is InChI=1S/C24H28O2S2/c1-2-3-4-5-6-9-14-27-28-18-26-24(25)22-13-12-21-15-19-10-7-8-11-20(19)16-23(21)17-22/h7-8,10-13,15-17H,2-6,9,14,18H2,1H3. The molecule has 0 aliphatic carbocycles. The van der Waals surface area contributed by atoms with Crippen LogP contribution in [0.1, 0.15) is 55.8 Å². The second-order valence-electron chi connectivity index (χ2n) is 7.02. The Labute approximate surface area is 175 Å². The van der Waals surface area contributed by atoms with Crippen molar-refractivity contribution in [1.82, 2.24) is 0 Å². The van der Waals surface area contributed by atoms with Gasteiger partial charge in [-0.3, -0.25) is 0 Å². The van der Waals surface area contributed by atoms with Gasteiger partial charge in [0.1, 0.15) is 5.94 Å². The van der Waals surface area contributed by atoms with Crippen LogP contribution in [0, 0.1) is 0 Å². The smallest absolute Gasteiger partial charge is 0.339 e. The van der Waals surface area contributed by atoms with Gasteiger partial charge in [-0.1, -0.05) is 90.9 Å². The third kappa shape index (κ3) is 6.18. The van der Waals surface area contributed by atoms with Crippen LogP contribution in [-0.2, 0) is 4.74 Å². The molecule has 0 unspecified atom stereocenters. The van der Waals surface area contributed by atoms with Crippen molar-refractivity contribution < 1.29 is 9.53 Å². The minimum atomic E-state index is -0.247. The number of esters is 1. The van der Waals surface area contributed by atoms with Crippen molar-refractivity contribution in [2.45, 2.75) is 45.4 Å². The van der Waals surface area contributed by atoms with E-state index in [9.17, 15) is 4.79 Å². The first-order valence-electron chi connectivity index (χ1n) is 10.1. The molecule has 28 heavy (non-hydrogen) atoms. The zero-order valence-corrected chi connectivity index (χ0v) is 18.1. The number of benzene rings is 3. The molecule has 3 rings (SSSR count). The van der Waals surface area contributed by atoms with Crippen molar-refractivity contribution >= 4 is 49.1 Å². The molecule has 0 radical (unpaired) electrons. The van der Waals surface area contributed by atoms with Gasteiger partial charge in [0.15, 0.2) is 0 Å². The summed E-state index contributed by atoms with van der Waals surface area (Å²) in [6, 6.07) is 18.4. The first-order valence-corrected chi connectivity index (χ1v) is 12.6. The summed E-state index contributed by atoms with van der Waals surface area (Å²) in [6.07, 6.45) is 7.89. The molecule has 3 aromatic rings. The van der Waals surface area contributed by atoms with Crippen LogP contribution in [0.15, 0.2) is 54.6 Å². The third-order valence-electron chi connectivity index (χ3n) is 4.84. The third-order valence-corrected chi connectivity index (χ3v) is 6.97. The highest BCUT2D eigenvalue weighted by molar-refractivity contribution is 8.76. The van der Waals surface area contributed by atoms with E-state index in [1.165, 1.54) is 49.3 Å². The fourth-order valence-electron chi connectivity index (χ4n) is 3.26. The van der Waals surface area contributed by atoms with Gasteiger partial charge >= 0.3 is 5.97 Å². The largest absolute Gasteiger partial charge is 0.450 e. The summed E-state index contributed by atoms with van der Waals surface area (Å²) >= 11 is 0. The van der Waals surface area contributed by atoms with E-state index in [1.54, 1.807) is 21.6 Å². The fourth-order valence-corrected chi connectivity index (χ4v) is 4.98. The van der Waals surface area contributed by atoms with Crippen molar-refractivity contribution in [1.29, 1.82) is 0 Å². The molecule has 0 fully saturated rings. The summed E-state index contributed by atoms with van der Waals surface area (Å²) in [7, 11) is 3.42. The van der Waals surface area contributed by atoms with Crippen LogP contribution in [0.5, 0.6) is 0 Å². The molecular formula is C24H28O2S2. The van der Waals surface area contributed by atoms with Crippen molar-refractivity contribution in [3.8, 4) is 0 Å². The molecule has 0 spiro atoms. The minimum absolute atomic E-state index is 0.247. The van der Waals surface area contributed by atoms with E-state index in [-0.39, 0.29) is 5.97 Å². The fraction of sp³-hybridized carbons (Fsp3) is 0.375. The lowest BCUT2D eigenvalue weighted by Gasteiger charge is -2.07. The normalized spacial score (nSPS) is 11.2. The predicted molar refractivity (Wildman–Crippen MR) is 125 cm³/mol. The van der Waals surface area contributed by atoms with Crippen LogP contribution in [0.3, 0.4) is 0 Å². The Morgan fingerprint density at radius 1 is 0.786 bits per heavy atom. The Balaban J connectivity index is 1.43. The van der Waals surface area contributed by atoms with E-state index >= 15 is 0 Å². The quantitative estimate of drug-likeness (QED) is 0.105. The second kappa shape index (κ2) is 11.4. The van der Waals surface area contributed by atoms with E-state index in [4.69, 9.17) is 4.74 Å². The lowest BCUT2D eigenvalue weighted by atomic mass is 10.0. The zero-order valence-electron chi connectivity index (χ0n) is 16.5. The number of carbonyl (C=O) groups is 1. The molecule has 0 atom stereocenters. The molecule has 0 aromatic heterocycles. The summed E-state index contributed by atoms with van der Waals surface area (Å²) in [5.74, 6) is 1.27. The highest BCUT2D eigenvalue weighted by atomic mass is 33.1. The van der Waals surface area contributed by atoms with Gasteiger partial charge < -0.3 is 4.74 Å². The van der Waals surface area contributed by atoms with Crippen LogP contribution in [0.2, 0.25) is 0 Å². The molecule has 2 nitrogen and oxygen atoms in total. The van der Waals surface area contributed by atoms with Crippen molar-refractivity contribution in [2.24, 2.45) is 0 Å². The molecule has 0 aliphatic heterocycles. The predicted octanol–water partition coefficient (Wildman–Crippen LogP) is 7.85. The highest BCUT2D eigenvalue weighted by Crippen LogP contribution is 2.26. The minimum Gasteiger partial charge on any atom is -0.450 e. The zero-order chi connectivity index (χ0) is 19.6. The van der Waals surface area contributed by atoms with E-state index < -0.39 is 0 Å². The van der Waals surface area contributed by atoms with Gasteiger partial charge in [0.2, 0.25) is 0 Å². The number of rotatable bonds is 11. The number of carbonyl (C=O) groups excluding carboxylic acids is 1. The first kappa shape index (κ1) is 21.1. The molecule has 0 aliphatic rings. The summed E-state index contributed by atoms with van der Waals surface area (Å²) < 4.78 is 5.43. The van der Waals surface area contributed by atoms with Crippen LogP contribution >= 0.6 is 21.6 Å². The molecule has 0 N–H and O–H groups in total. The van der Waals surface area contributed by atoms with E-state index in [0.717, 1.165) is 16.5 Å². The van der Waals surface area contributed by atoms with Gasteiger partial charge in [-0.05, 0) is 52.2 Å². The van der Waals surface area contributed by atoms with Crippen molar-refractivity contribution in [3.63, 3.8) is 0 Å². The number of hydrogen-bond donors (Lipinski definition) is 0. The summed E-state index contributed by atoms with van der Waals surface area (Å²) in [5, 5.41) is 4.60. The molecule has 0 heterocycles. The van der Waals surface area contributed by atoms with Crippen LogP contribution in [-0.4, -0.2) is 17.7 Å².